The Hall–Kier alpha value is -8.84. The van der Waals surface area contributed by atoms with E-state index in [1.54, 1.807) is 6.07 Å². The highest BCUT2D eigenvalue weighted by molar-refractivity contribution is 6.25. The Bertz CT molecular complexity index is 3940. The molecular formula is C56H30N4O2. The Morgan fingerprint density at radius 2 is 0.919 bits per heavy atom. The van der Waals surface area contributed by atoms with E-state index in [4.69, 9.17) is 8.83 Å². The number of nitrogens with zero attached hydrogens (tertiary/aromatic N) is 4. The molecule has 0 saturated heterocycles. The molecule has 6 heteroatoms. The highest BCUT2D eigenvalue weighted by Crippen LogP contribution is 2.44. The van der Waals surface area contributed by atoms with Crippen LogP contribution in [0.1, 0.15) is 11.1 Å². The zero-order valence-electron chi connectivity index (χ0n) is 32.9. The van der Waals surface area contributed by atoms with E-state index in [0.29, 0.717) is 11.1 Å². The zero-order chi connectivity index (χ0) is 41.1. The third-order valence-electron chi connectivity index (χ3n) is 12.6. The molecule has 0 aliphatic rings. The van der Waals surface area contributed by atoms with Gasteiger partial charge in [-0.15, -0.1) is 0 Å². The molecule has 0 unspecified atom stereocenters. The van der Waals surface area contributed by atoms with Crippen LogP contribution >= 0.6 is 0 Å². The number of benzene rings is 9. The fourth-order valence-electron chi connectivity index (χ4n) is 9.87. The van der Waals surface area contributed by atoms with E-state index < -0.39 is 0 Å². The van der Waals surface area contributed by atoms with E-state index in [0.717, 1.165) is 121 Å². The lowest BCUT2D eigenvalue weighted by Gasteiger charge is -2.16. The summed E-state index contributed by atoms with van der Waals surface area (Å²) < 4.78 is 18.0. The van der Waals surface area contributed by atoms with Gasteiger partial charge in [0.1, 0.15) is 22.3 Å². The minimum absolute atomic E-state index is 0.526. The number of aromatic nitrogens is 2. The summed E-state index contributed by atoms with van der Waals surface area (Å²) in [5.41, 5.74) is 14.0. The molecule has 286 valence electrons. The van der Waals surface area contributed by atoms with Crippen molar-refractivity contribution in [1.82, 2.24) is 9.13 Å². The Kier molecular flexibility index (Phi) is 7.05. The first-order valence-electron chi connectivity index (χ1n) is 20.5. The van der Waals surface area contributed by atoms with Crippen molar-refractivity contribution in [2.45, 2.75) is 0 Å². The molecule has 4 aromatic heterocycles. The summed E-state index contributed by atoms with van der Waals surface area (Å²) in [7, 11) is 0. The number of hydrogen-bond acceptors (Lipinski definition) is 4. The second-order valence-electron chi connectivity index (χ2n) is 15.9. The van der Waals surface area contributed by atoms with Crippen LogP contribution in [0.15, 0.2) is 191 Å². The molecule has 4 heterocycles. The smallest absolute Gasteiger partial charge is 0.145 e. The first-order valence-corrected chi connectivity index (χ1v) is 20.5. The third kappa shape index (κ3) is 4.78. The van der Waals surface area contributed by atoms with Crippen molar-refractivity contribution in [2.24, 2.45) is 0 Å². The lowest BCUT2D eigenvalue weighted by Crippen LogP contribution is -2.00. The molecule has 0 saturated carbocycles. The monoisotopic (exact) mass is 790 g/mol. The average Bonchev–Trinajstić information content (AvgIpc) is 4.08. The molecule has 0 aliphatic heterocycles. The van der Waals surface area contributed by atoms with Gasteiger partial charge in [0.15, 0.2) is 0 Å². The maximum Gasteiger partial charge on any atom is 0.145 e. The van der Waals surface area contributed by atoms with Crippen LogP contribution in [0.25, 0.3) is 121 Å². The van der Waals surface area contributed by atoms with Crippen LogP contribution in [0.5, 0.6) is 0 Å². The number of rotatable bonds is 4. The number of hydrogen-bond donors (Lipinski definition) is 0. The predicted octanol–water partition coefficient (Wildman–Crippen LogP) is 14.8. The predicted molar refractivity (Wildman–Crippen MR) is 250 cm³/mol. The molecule has 13 aromatic rings. The minimum Gasteiger partial charge on any atom is -0.455 e. The standard InChI is InChI=1S/C56H30N4O2/c57-31-33-10-9-11-35(26-33)40-21-20-34(27-37(40)32-58)36-28-38(59-47-16-5-1-14-45(47)53-49(59)24-22-43-41-12-3-7-18-51(41)61-55(43)53)30-39(29-36)60-48-17-6-2-15-46(48)54-50(60)25-23-44-42-13-4-8-19-52(42)62-56(44)54/h1-30H. The van der Waals surface area contributed by atoms with Crippen molar-refractivity contribution in [2.75, 3.05) is 0 Å². The molecule has 0 N–H and O–H groups in total. The summed E-state index contributed by atoms with van der Waals surface area (Å²) in [5.74, 6) is 0. The van der Waals surface area contributed by atoms with E-state index in [1.165, 1.54) is 0 Å². The van der Waals surface area contributed by atoms with Gasteiger partial charge >= 0.3 is 0 Å². The molecule has 9 aromatic carbocycles. The molecule has 0 bridgehead atoms. The molecule has 6 nitrogen and oxygen atoms in total. The van der Waals surface area contributed by atoms with Crippen molar-refractivity contribution < 1.29 is 8.83 Å². The lowest BCUT2D eigenvalue weighted by molar-refractivity contribution is 0.672. The minimum atomic E-state index is 0.526. The Labute approximate surface area is 353 Å². The van der Waals surface area contributed by atoms with Crippen LogP contribution in [-0.4, -0.2) is 9.13 Å². The van der Waals surface area contributed by atoms with Crippen LogP contribution in [0.4, 0.5) is 0 Å². The largest absolute Gasteiger partial charge is 0.455 e. The molecule has 0 radical (unpaired) electrons. The maximum atomic E-state index is 10.6. The highest BCUT2D eigenvalue weighted by atomic mass is 16.3. The number of para-hydroxylation sites is 4. The Morgan fingerprint density at radius 1 is 0.371 bits per heavy atom. The molecule has 13 rings (SSSR count). The number of nitriles is 2. The van der Waals surface area contributed by atoms with Crippen molar-refractivity contribution in [3.8, 4) is 45.8 Å². The molecule has 0 spiro atoms. The maximum absolute atomic E-state index is 10.6. The number of furan rings is 2. The average molecular weight is 791 g/mol. The third-order valence-corrected chi connectivity index (χ3v) is 12.6. The van der Waals surface area contributed by atoms with Gasteiger partial charge in [-0.25, -0.2) is 0 Å². The summed E-state index contributed by atoms with van der Waals surface area (Å²) >= 11 is 0. The molecule has 0 atom stereocenters. The molecule has 0 fully saturated rings. The van der Waals surface area contributed by atoms with Gasteiger partial charge in [-0.2, -0.15) is 10.5 Å². The summed E-state index contributed by atoms with van der Waals surface area (Å²) in [6, 6.07) is 67.1. The second kappa shape index (κ2) is 12.8. The van der Waals surface area contributed by atoms with E-state index in [9.17, 15) is 10.5 Å². The quantitative estimate of drug-likeness (QED) is 0.178. The highest BCUT2D eigenvalue weighted by Gasteiger charge is 2.23. The fraction of sp³-hybridized carbons (Fsp3) is 0. The molecular weight excluding hydrogens is 761 g/mol. The van der Waals surface area contributed by atoms with Gasteiger partial charge in [-0.3, -0.25) is 0 Å². The van der Waals surface area contributed by atoms with E-state index in [2.05, 4.69) is 143 Å². The normalized spacial score (nSPS) is 11.8. The fourth-order valence-corrected chi connectivity index (χ4v) is 9.87. The molecule has 0 amide bonds. The van der Waals surface area contributed by atoms with Gasteiger partial charge in [-0.1, -0.05) is 97.1 Å². The van der Waals surface area contributed by atoms with Gasteiger partial charge in [0, 0.05) is 43.7 Å². The van der Waals surface area contributed by atoms with Crippen molar-refractivity contribution >= 4 is 87.5 Å². The summed E-state index contributed by atoms with van der Waals surface area (Å²) in [4.78, 5) is 0. The van der Waals surface area contributed by atoms with Crippen LogP contribution in [0.3, 0.4) is 0 Å². The van der Waals surface area contributed by atoms with Gasteiger partial charge in [0.25, 0.3) is 0 Å². The van der Waals surface area contributed by atoms with Crippen molar-refractivity contribution in [3.05, 3.63) is 193 Å². The second-order valence-corrected chi connectivity index (χ2v) is 15.9. The Balaban J connectivity index is 1.12. The Morgan fingerprint density at radius 3 is 1.48 bits per heavy atom. The van der Waals surface area contributed by atoms with Crippen LogP contribution in [-0.2, 0) is 0 Å². The first-order chi connectivity index (χ1) is 30.6. The van der Waals surface area contributed by atoms with Crippen LogP contribution < -0.4 is 0 Å². The molecule has 62 heavy (non-hydrogen) atoms. The van der Waals surface area contributed by atoms with E-state index >= 15 is 0 Å². The van der Waals surface area contributed by atoms with Crippen molar-refractivity contribution in [1.29, 1.82) is 10.5 Å². The summed E-state index contributed by atoms with van der Waals surface area (Å²) in [6.45, 7) is 0. The van der Waals surface area contributed by atoms with E-state index in [1.807, 2.05) is 54.6 Å². The van der Waals surface area contributed by atoms with Gasteiger partial charge in [0.05, 0.1) is 56.1 Å². The van der Waals surface area contributed by atoms with E-state index in [-0.39, 0.29) is 0 Å². The van der Waals surface area contributed by atoms with Gasteiger partial charge in [-0.05, 0) is 107 Å². The van der Waals surface area contributed by atoms with Crippen LogP contribution in [0, 0.1) is 22.7 Å². The topological polar surface area (TPSA) is 83.7 Å². The van der Waals surface area contributed by atoms with Crippen molar-refractivity contribution in [3.63, 3.8) is 0 Å². The number of fused-ring (bicyclic) bond motifs is 14. The van der Waals surface area contributed by atoms with Gasteiger partial charge in [0.2, 0.25) is 0 Å². The molecule has 0 aliphatic carbocycles. The first kappa shape index (κ1) is 34.1. The zero-order valence-corrected chi connectivity index (χ0v) is 32.9. The van der Waals surface area contributed by atoms with Crippen LogP contribution in [0.2, 0.25) is 0 Å². The summed E-state index contributed by atoms with van der Waals surface area (Å²) in [5, 5.41) is 28.9. The summed E-state index contributed by atoms with van der Waals surface area (Å²) in [6.07, 6.45) is 0. The SMILES string of the molecule is N#Cc1cccc(-c2ccc(-c3cc(-n4c5ccccc5c5c6oc7ccccc7c6ccc54)cc(-n4c5ccccc5c5c6oc7ccccc7c6ccc54)c3)cc2C#N)c1. The van der Waals surface area contributed by atoms with Gasteiger partial charge < -0.3 is 18.0 Å². The lowest BCUT2D eigenvalue weighted by atomic mass is 9.94.